The van der Waals surface area contributed by atoms with Crippen molar-refractivity contribution in [2.45, 2.75) is 44.9 Å². The summed E-state index contributed by atoms with van der Waals surface area (Å²) in [6, 6.07) is 0. The van der Waals surface area contributed by atoms with Crippen molar-refractivity contribution in [1.82, 2.24) is 9.97 Å². The van der Waals surface area contributed by atoms with Crippen LogP contribution in [-0.4, -0.2) is 34.1 Å². The fraction of sp³-hybridized carbons (Fsp3) is 0.667. The lowest BCUT2D eigenvalue weighted by Crippen LogP contribution is -2.23. The molecule has 1 aromatic rings. The lowest BCUT2D eigenvalue weighted by atomic mass is 10.1. The number of rotatable bonds is 3. The summed E-state index contributed by atoms with van der Waals surface area (Å²) in [7, 11) is 0. The van der Waals surface area contributed by atoms with E-state index in [0.717, 1.165) is 38.2 Å². The van der Waals surface area contributed by atoms with Crippen molar-refractivity contribution in [3.8, 4) is 0 Å². The second-order valence-corrected chi connectivity index (χ2v) is 5.88. The van der Waals surface area contributed by atoms with Gasteiger partial charge in [-0.1, -0.05) is 6.42 Å². The Kier molecular flexibility index (Phi) is 3.85. The summed E-state index contributed by atoms with van der Waals surface area (Å²) in [5, 5.41) is 8.92. The number of carboxylic acid groups (broad SMARTS) is 1. The van der Waals surface area contributed by atoms with Crippen LogP contribution in [0, 0.1) is 5.92 Å². The second-order valence-electron chi connectivity index (χ2n) is 5.88. The first-order chi connectivity index (χ1) is 9.74. The van der Waals surface area contributed by atoms with Crippen LogP contribution < -0.4 is 4.90 Å². The molecule has 0 spiro atoms. The average Bonchev–Trinajstić information content (AvgIpc) is 2.73. The zero-order valence-electron chi connectivity index (χ0n) is 11.7. The van der Waals surface area contributed by atoms with Gasteiger partial charge in [0.2, 0.25) is 0 Å². The molecule has 1 aliphatic carbocycles. The van der Waals surface area contributed by atoms with E-state index in [1.54, 1.807) is 6.33 Å². The molecular formula is C15H21N3O2. The Bertz CT molecular complexity index is 504. The number of aryl methyl sites for hydroxylation is 1. The number of hydrogen-bond acceptors (Lipinski definition) is 4. The molecule has 0 radical (unpaired) electrons. The Morgan fingerprint density at radius 3 is 3.00 bits per heavy atom. The number of carboxylic acids is 1. The molecule has 3 rings (SSSR count). The average molecular weight is 275 g/mol. The van der Waals surface area contributed by atoms with Gasteiger partial charge in [0.25, 0.3) is 0 Å². The molecule has 5 heteroatoms. The van der Waals surface area contributed by atoms with E-state index in [9.17, 15) is 4.79 Å². The molecule has 0 saturated carbocycles. The third-order valence-corrected chi connectivity index (χ3v) is 4.40. The monoisotopic (exact) mass is 275 g/mol. The van der Waals surface area contributed by atoms with E-state index in [1.165, 1.54) is 30.5 Å². The van der Waals surface area contributed by atoms with Crippen molar-refractivity contribution >= 4 is 11.8 Å². The number of aliphatic carboxylic acids is 1. The van der Waals surface area contributed by atoms with Crippen LogP contribution in [0.1, 0.15) is 43.4 Å². The van der Waals surface area contributed by atoms with Gasteiger partial charge in [-0.25, -0.2) is 9.97 Å². The highest BCUT2D eigenvalue weighted by Crippen LogP contribution is 2.30. The van der Waals surface area contributed by atoms with Gasteiger partial charge in [-0.2, -0.15) is 0 Å². The van der Waals surface area contributed by atoms with Crippen LogP contribution in [0.15, 0.2) is 6.33 Å². The van der Waals surface area contributed by atoms with Crippen molar-refractivity contribution in [2.24, 2.45) is 5.92 Å². The largest absolute Gasteiger partial charge is 0.481 e. The maximum absolute atomic E-state index is 10.8. The van der Waals surface area contributed by atoms with Gasteiger partial charge in [0.1, 0.15) is 12.1 Å². The van der Waals surface area contributed by atoms with E-state index >= 15 is 0 Å². The number of anilines is 1. The number of aromatic nitrogens is 2. The molecule has 1 aliphatic heterocycles. The summed E-state index contributed by atoms with van der Waals surface area (Å²) in [4.78, 5) is 22.0. The molecule has 1 unspecified atom stereocenters. The molecular weight excluding hydrogens is 254 g/mol. The van der Waals surface area contributed by atoms with Gasteiger partial charge in [-0.05, 0) is 38.0 Å². The SMILES string of the molecule is O=C(O)CC1CCN(c2ncnc3c2CCCCC3)C1. The molecule has 1 aromatic heterocycles. The van der Waals surface area contributed by atoms with Crippen LogP contribution in [0.3, 0.4) is 0 Å². The summed E-state index contributed by atoms with van der Waals surface area (Å²) in [6.07, 6.45) is 8.68. The minimum absolute atomic E-state index is 0.254. The standard InChI is InChI=1S/C15H21N3O2/c19-14(20)8-11-6-7-18(9-11)15-12-4-2-1-3-5-13(12)16-10-17-15/h10-11H,1-9H2,(H,19,20). The molecule has 1 fully saturated rings. The molecule has 108 valence electrons. The summed E-state index contributed by atoms with van der Waals surface area (Å²) >= 11 is 0. The lowest BCUT2D eigenvalue weighted by Gasteiger charge is -2.21. The first kappa shape index (κ1) is 13.3. The third-order valence-electron chi connectivity index (χ3n) is 4.40. The minimum Gasteiger partial charge on any atom is -0.481 e. The smallest absolute Gasteiger partial charge is 0.303 e. The lowest BCUT2D eigenvalue weighted by molar-refractivity contribution is -0.137. The van der Waals surface area contributed by atoms with Crippen LogP contribution in [0.5, 0.6) is 0 Å². The fourth-order valence-electron chi connectivity index (χ4n) is 3.39. The molecule has 2 aliphatic rings. The summed E-state index contributed by atoms with van der Waals surface area (Å²) < 4.78 is 0. The molecule has 0 amide bonds. The Hall–Kier alpha value is -1.65. The van der Waals surface area contributed by atoms with Crippen LogP contribution in [-0.2, 0) is 17.6 Å². The van der Waals surface area contributed by atoms with Gasteiger partial charge in [0.15, 0.2) is 0 Å². The maximum atomic E-state index is 10.8. The van der Waals surface area contributed by atoms with Crippen molar-refractivity contribution in [1.29, 1.82) is 0 Å². The van der Waals surface area contributed by atoms with E-state index in [1.807, 2.05) is 0 Å². The number of nitrogens with zero attached hydrogens (tertiary/aromatic N) is 3. The summed E-state index contributed by atoms with van der Waals surface area (Å²) in [6.45, 7) is 1.73. The zero-order chi connectivity index (χ0) is 13.9. The predicted octanol–water partition coefficient (Wildman–Crippen LogP) is 2.05. The first-order valence-corrected chi connectivity index (χ1v) is 7.53. The third kappa shape index (κ3) is 2.76. The van der Waals surface area contributed by atoms with Gasteiger partial charge in [-0.15, -0.1) is 0 Å². The number of hydrogen-bond donors (Lipinski definition) is 1. The molecule has 0 bridgehead atoms. The number of carbonyl (C=O) groups is 1. The van der Waals surface area contributed by atoms with Crippen molar-refractivity contribution in [3.63, 3.8) is 0 Å². The molecule has 1 N–H and O–H groups in total. The minimum atomic E-state index is -0.696. The molecule has 5 nitrogen and oxygen atoms in total. The summed E-state index contributed by atoms with van der Waals surface area (Å²) in [5.74, 6) is 0.618. The van der Waals surface area contributed by atoms with Gasteiger partial charge in [0, 0.05) is 30.8 Å². The van der Waals surface area contributed by atoms with Crippen LogP contribution in [0.2, 0.25) is 0 Å². The summed E-state index contributed by atoms with van der Waals surface area (Å²) in [5.41, 5.74) is 2.51. The van der Waals surface area contributed by atoms with E-state index in [4.69, 9.17) is 5.11 Å². The quantitative estimate of drug-likeness (QED) is 0.855. The van der Waals surface area contributed by atoms with Crippen LogP contribution in [0.25, 0.3) is 0 Å². The highest BCUT2D eigenvalue weighted by molar-refractivity contribution is 5.67. The predicted molar refractivity (Wildman–Crippen MR) is 75.9 cm³/mol. The van der Waals surface area contributed by atoms with Gasteiger partial charge < -0.3 is 10.0 Å². The van der Waals surface area contributed by atoms with Gasteiger partial charge in [-0.3, -0.25) is 4.79 Å². The Morgan fingerprint density at radius 1 is 1.30 bits per heavy atom. The molecule has 20 heavy (non-hydrogen) atoms. The molecule has 1 saturated heterocycles. The normalized spacial score (nSPS) is 22.4. The van der Waals surface area contributed by atoms with Crippen molar-refractivity contribution in [3.05, 3.63) is 17.6 Å². The Morgan fingerprint density at radius 2 is 2.15 bits per heavy atom. The number of fused-ring (bicyclic) bond motifs is 1. The van der Waals surface area contributed by atoms with Crippen LogP contribution in [0.4, 0.5) is 5.82 Å². The van der Waals surface area contributed by atoms with Crippen molar-refractivity contribution < 1.29 is 9.90 Å². The highest BCUT2D eigenvalue weighted by Gasteiger charge is 2.28. The van der Waals surface area contributed by atoms with Gasteiger partial charge >= 0.3 is 5.97 Å². The van der Waals surface area contributed by atoms with E-state index < -0.39 is 5.97 Å². The topological polar surface area (TPSA) is 66.3 Å². The second kappa shape index (κ2) is 5.77. The first-order valence-electron chi connectivity index (χ1n) is 7.53. The van der Waals surface area contributed by atoms with Crippen LogP contribution >= 0.6 is 0 Å². The highest BCUT2D eigenvalue weighted by atomic mass is 16.4. The van der Waals surface area contributed by atoms with E-state index in [0.29, 0.717) is 0 Å². The Labute approximate surface area is 119 Å². The fourth-order valence-corrected chi connectivity index (χ4v) is 3.39. The van der Waals surface area contributed by atoms with E-state index in [-0.39, 0.29) is 12.3 Å². The zero-order valence-corrected chi connectivity index (χ0v) is 11.7. The Balaban J connectivity index is 1.79. The van der Waals surface area contributed by atoms with E-state index in [2.05, 4.69) is 14.9 Å². The molecule has 0 aromatic carbocycles. The molecule has 2 heterocycles. The van der Waals surface area contributed by atoms with Gasteiger partial charge in [0.05, 0.1) is 0 Å². The maximum Gasteiger partial charge on any atom is 0.303 e. The van der Waals surface area contributed by atoms with Crippen molar-refractivity contribution in [2.75, 3.05) is 18.0 Å². The molecule has 1 atom stereocenters.